The lowest BCUT2D eigenvalue weighted by Crippen LogP contribution is -2.62. The summed E-state index contributed by atoms with van der Waals surface area (Å²) in [5.41, 5.74) is -0.684. The standard InChI is InChI=1S/C32H47N7O6/c1-6-9-21(25(40)30(44)36-20-12-13-20)37-29(43)24-16-19-10-7-8-11-23(19)39(24)31(45)26(32(3,4)5)38-27(41)18(2)35-28(42)22-17-33-14-15-34-22/h14-15,17-21,23-24,26H,6-13,16H2,1-5H3,(H,35,42)(H,36,44)(H,37,43)(H,38,41)/t18-,19?,21-,23?,24-,26+/m0/s1. The quantitative estimate of drug-likeness (QED) is 0.252. The van der Waals surface area contributed by atoms with E-state index in [1.807, 2.05) is 27.7 Å². The molecule has 45 heavy (non-hydrogen) atoms. The highest BCUT2D eigenvalue weighted by atomic mass is 16.2. The average molecular weight is 626 g/mol. The highest BCUT2D eigenvalue weighted by Gasteiger charge is 2.51. The fraction of sp³-hybridized carbons (Fsp3) is 0.688. The van der Waals surface area contributed by atoms with Crippen molar-refractivity contribution in [2.75, 3.05) is 0 Å². The monoisotopic (exact) mass is 625 g/mol. The van der Waals surface area contributed by atoms with Gasteiger partial charge in [-0.3, -0.25) is 33.8 Å². The molecule has 0 radical (unpaired) electrons. The Hall–Kier alpha value is -3.90. The van der Waals surface area contributed by atoms with Crippen LogP contribution in [0.25, 0.3) is 0 Å². The van der Waals surface area contributed by atoms with Crippen molar-refractivity contribution in [3.05, 3.63) is 24.3 Å². The van der Waals surface area contributed by atoms with Crippen LogP contribution in [0.15, 0.2) is 18.6 Å². The van der Waals surface area contributed by atoms with E-state index in [-0.39, 0.29) is 29.6 Å². The molecule has 2 unspecified atom stereocenters. The van der Waals surface area contributed by atoms with Gasteiger partial charge >= 0.3 is 0 Å². The number of carbonyl (C=O) groups is 6. The molecule has 246 valence electrons. The van der Waals surface area contributed by atoms with Crippen LogP contribution in [0.2, 0.25) is 0 Å². The lowest BCUT2D eigenvalue weighted by molar-refractivity contribution is -0.147. The summed E-state index contributed by atoms with van der Waals surface area (Å²) in [5, 5.41) is 11.0. The van der Waals surface area contributed by atoms with Crippen molar-refractivity contribution in [1.82, 2.24) is 36.1 Å². The molecule has 13 nitrogen and oxygen atoms in total. The molecule has 1 aromatic heterocycles. The minimum atomic E-state index is -1.01. The third-order valence-corrected chi connectivity index (χ3v) is 8.93. The molecule has 1 aliphatic heterocycles. The number of Topliss-reactive ketones (excluding diaryl/α,β-unsaturated/α-hetero) is 1. The lowest BCUT2D eigenvalue weighted by Gasteiger charge is -2.40. The van der Waals surface area contributed by atoms with Gasteiger partial charge in [0.05, 0.1) is 12.2 Å². The number of rotatable bonds is 12. The molecule has 6 atom stereocenters. The van der Waals surface area contributed by atoms with Gasteiger partial charge in [-0.1, -0.05) is 47.0 Å². The number of ketones is 1. The van der Waals surface area contributed by atoms with Crippen LogP contribution in [-0.4, -0.2) is 86.4 Å². The Balaban J connectivity index is 1.52. The third-order valence-electron chi connectivity index (χ3n) is 8.93. The maximum absolute atomic E-state index is 14.4. The molecule has 4 rings (SSSR count). The fourth-order valence-electron chi connectivity index (χ4n) is 6.30. The SMILES string of the molecule is CCC[C@H](NC(=O)[C@@H]1CC2CCCCC2N1C(=O)[C@@H](NC(=O)[C@H](C)NC(=O)c1cnccn1)C(C)(C)C)C(=O)C(=O)NC1CC1. The van der Waals surface area contributed by atoms with Crippen molar-refractivity contribution in [3.8, 4) is 0 Å². The van der Waals surface area contributed by atoms with Crippen LogP contribution in [0.5, 0.6) is 0 Å². The molecule has 4 N–H and O–H groups in total. The largest absolute Gasteiger partial charge is 0.347 e. The highest BCUT2D eigenvalue weighted by molar-refractivity contribution is 6.38. The van der Waals surface area contributed by atoms with E-state index in [2.05, 4.69) is 31.2 Å². The van der Waals surface area contributed by atoms with Crippen molar-refractivity contribution in [3.63, 3.8) is 0 Å². The maximum atomic E-state index is 14.4. The molecular formula is C32H47N7O6. The zero-order valence-electron chi connectivity index (χ0n) is 26.9. The maximum Gasteiger partial charge on any atom is 0.289 e. The second-order valence-electron chi connectivity index (χ2n) is 13.7. The molecule has 13 heteroatoms. The molecule has 2 saturated carbocycles. The number of carbonyl (C=O) groups excluding carboxylic acids is 6. The van der Waals surface area contributed by atoms with Crippen LogP contribution >= 0.6 is 0 Å². The molecule has 0 bridgehead atoms. The van der Waals surface area contributed by atoms with Gasteiger partial charge in [0.15, 0.2) is 0 Å². The minimum Gasteiger partial charge on any atom is -0.347 e. The molecule has 2 heterocycles. The summed E-state index contributed by atoms with van der Waals surface area (Å²) in [6.07, 6.45) is 10.6. The first kappa shape index (κ1) is 34.0. The van der Waals surface area contributed by atoms with Gasteiger partial charge in [0.25, 0.3) is 11.8 Å². The number of hydrogen-bond donors (Lipinski definition) is 4. The van der Waals surface area contributed by atoms with Crippen LogP contribution < -0.4 is 21.3 Å². The van der Waals surface area contributed by atoms with Crippen molar-refractivity contribution >= 4 is 35.3 Å². The van der Waals surface area contributed by atoms with E-state index in [0.29, 0.717) is 19.3 Å². The first-order chi connectivity index (χ1) is 21.3. The first-order valence-corrected chi connectivity index (χ1v) is 16.2. The normalized spacial score (nSPS) is 23.1. The Bertz CT molecular complexity index is 1280. The zero-order chi connectivity index (χ0) is 32.9. The van der Waals surface area contributed by atoms with Crippen molar-refractivity contribution in [2.24, 2.45) is 11.3 Å². The first-order valence-electron chi connectivity index (χ1n) is 16.2. The van der Waals surface area contributed by atoms with E-state index in [0.717, 1.165) is 38.5 Å². The van der Waals surface area contributed by atoms with Crippen molar-refractivity contribution in [1.29, 1.82) is 0 Å². The summed E-state index contributed by atoms with van der Waals surface area (Å²) >= 11 is 0. The van der Waals surface area contributed by atoms with Crippen molar-refractivity contribution in [2.45, 2.75) is 129 Å². The summed E-state index contributed by atoms with van der Waals surface area (Å²) < 4.78 is 0. The Morgan fingerprint density at radius 1 is 0.978 bits per heavy atom. The topological polar surface area (TPSA) is 180 Å². The summed E-state index contributed by atoms with van der Waals surface area (Å²) in [7, 11) is 0. The van der Waals surface area contributed by atoms with Gasteiger partial charge in [-0.05, 0) is 56.8 Å². The zero-order valence-corrected chi connectivity index (χ0v) is 26.9. The third kappa shape index (κ3) is 8.43. The van der Waals surface area contributed by atoms with Gasteiger partial charge in [0.2, 0.25) is 23.5 Å². The van der Waals surface area contributed by atoms with Gasteiger partial charge in [-0.2, -0.15) is 0 Å². The predicted molar refractivity (Wildman–Crippen MR) is 164 cm³/mol. The molecule has 0 spiro atoms. The number of hydrogen-bond acceptors (Lipinski definition) is 8. The molecule has 5 amide bonds. The molecule has 1 aromatic rings. The second kappa shape index (κ2) is 14.5. The van der Waals surface area contributed by atoms with E-state index in [1.54, 1.807) is 4.90 Å². The fourth-order valence-corrected chi connectivity index (χ4v) is 6.30. The van der Waals surface area contributed by atoms with Gasteiger partial charge in [0, 0.05) is 24.5 Å². The Morgan fingerprint density at radius 3 is 2.31 bits per heavy atom. The van der Waals surface area contributed by atoms with E-state index in [9.17, 15) is 28.8 Å². The Labute approximate surface area is 264 Å². The van der Waals surface area contributed by atoms with Gasteiger partial charge in [-0.25, -0.2) is 4.98 Å². The van der Waals surface area contributed by atoms with Crippen LogP contribution in [0.3, 0.4) is 0 Å². The van der Waals surface area contributed by atoms with Crippen LogP contribution in [0.4, 0.5) is 0 Å². The average Bonchev–Trinajstić information content (AvgIpc) is 3.74. The summed E-state index contributed by atoms with van der Waals surface area (Å²) in [5.74, 6) is -3.25. The van der Waals surface area contributed by atoms with Crippen LogP contribution in [0.1, 0.15) is 103 Å². The predicted octanol–water partition coefficient (Wildman–Crippen LogP) is 1.42. The Kier molecular flexibility index (Phi) is 10.9. The van der Waals surface area contributed by atoms with Gasteiger partial charge in [-0.15, -0.1) is 0 Å². The molecule has 0 aromatic carbocycles. The molecule has 3 fully saturated rings. The summed E-state index contributed by atoms with van der Waals surface area (Å²) in [6, 6.07) is -4.00. The molecule has 1 saturated heterocycles. The minimum absolute atomic E-state index is 0.0121. The Morgan fingerprint density at radius 2 is 1.69 bits per heavy atom. The number of aromatic nitrogens is 2. The van der Waals surface area contributed by atoms with Crippen molar-refractivity contribution < 1.29 is 28.8 Å². The van der Waals surface area contributed by atoms with Crippen LogP contribution in [-0.2, 0) is 24.0 Å². The van der Waals surface area contributed by atoms with E-state index >= 15 is 0 Å². The van der Waals surface area contributed by atoms with Crippen LogP contribution in [0, 0.1) is 11.3 Å². The summed E-state index contributed by atoms with van der Waals surface area (Å²) in [6.45, 7) is 8.88. The number of nitrogens with one attached hydrogen (secondary N) is 4. The number of amides is 5. The smallest absolute Gasteiger partial charge is 0.289 e. The van der Waals surface area contributed by atoms with E-state index < -0.39 is 59.0 Å². The van der Waals surface area contributed by atoms with Gasteiger partial charge < -0.3 is 26.2 Å². The number of likely N-dealkylation sites (tertiary alicyclic amines) is 1. The van der Waals surface area contributed by atoms with E-state index in [4.69, 9.17) is 0 Å². The number of nitrogens with zero attached hydrogens (tertiary/aromatic N) is 3. The van der Waals surface area contributed by atoms with Gasteiger partial charge in [0.1, 0.15) is 23.8 Å². The summed E-state index contributed by atoms with van der Waals surface area (Å²) in [4.78, 5) is 89.2. The number of fused-ring (bicyclic) bond motifs is 1. The van der Waals surface area contributed by atoms with E-state index in [1.165, 1.54) is 25.5 Å². The molecule has 2 aliphatic carbocycles. The highest BCUT2D eigenvalue weighted by Crippen LogP contribution is 2.41. The molecule has 3 aliphatic rings. The lowest BCUT2D eigenvalue weighted by atomic mass is 9.83. The second-order valence-corrected chi connectivity index (χ2v) is 13.7. The molecular weight excluding hydrogens is 578 g/mol.